The molecule has 0 spiro atoms. The van der Waals surface area contributed by atoms with Gasteiger partial charge in [0.05, 0.1) is 10.4 Å². The van der Waals surface area contributed by atoms with Gasteiger partial charge in [0, 0.05) is 11.6 Å². The Morgan fingerprint density at radius 2 is 2.12 bits per heavy atom. The van der Waals surface area contributed by atoms with Crippen LogP contribution in [-0.2, 0) is 5.41 Å². The highest BCUT2D eigenvalue weighted by molar-refractivity contribution is 7.13. The van der Waals surface area contributed by atoms with E-state index >= 15 is 0 Å². The number of nitriles is 1. The number of aromatic nitrogens is 2. The van der Waals surface area contributed by atoms with E-state index < -0.39 is 0 Å². The summed E-state index contributed by atoms with van der Waals surface area (Å²) in [5.41, 5.74) is 1.16. The molecule has 2 rings (SSSR count). The maximum Gasteiger partial charge on any atom is 0.134 e. The Balaban J connectivity index is 2.61. The Labute approximate surface area is 105 Å². The van der Waals surface area contributed by atoms with Gasteiger partial charge in [-0.15, -0.1) is 11.3 Å². The standard InChI is InChI=1S/C13H13N3S/c1-13(2,3)12-15-8-9(7-14)11(16-12)10-5-4-6-17-10/h4-6,8H,1-3H3. The summed E-state index contributed by atoms with van der Waals surface area (Å²) in [5.74, 6) is 0.764. The Hall–Kier alpha value is -1.73. The SMILES string of the molecule is CC(C)(C)c1ncc(C#N)c(-c2cccs2)n1. The smallest absolute Gasteiger partial charge is 0.134 e. The van der Waals surface area contributed by atoms with Gasteiger partial charge in [-0.05, 0) is 11.4 Å². The van der Waals surface area contributed by atoms with E-state index in [9.17, 15) is 0 Å². The Bertz CT molecular complexity index is 559. The Morgan fingerprint density at radius 3 is 2.65 bits per heavy atom. The molecule has 4 heteroatoms. The van der Waals surface area contributed by atoms with Gasteiger partial charge in [0.1, 0.15) is 17.6 Å². The average molecular weight is 243 g/mol. The predicted molar refractivity (Wildman–Crippen MR) is 68.8 cm³/mol. The van der Waals surface area contributed by atoms with E-state index in [-0.39, 0.29) is 5.41 Å². The van der Waals surface area contributed by atoms with Crippen LogP contribution in [0.3, 0.4) is 0 Å². The fourth-order valence-corrected chi connectivity index (χ4v) is 2.15. The molecule has 3 nitrogen and oxygen atoms in total. The summed E-state index contributed by atoms with van der Waals surface area (Å²) >= 11 is 1.58. The summed E-state index contributed by atoms with van der Waals surface area (Å²) in [6.07, 6.45) is 1.61. The number of hydrogen-bond donors (Lipinski definition) is 0. The van der Waals surface area contributed by atoms with E-state index in [4.69, 9.17) is 5.26 Å². The monoisotopic (exact) mass is 243 g/mol. The first-order valence-corrected chi connectivity index (χ1v) is 6.22. The van der Waals surface area contributed by atoms with Crippen molar-refractivity contribution in [1.82, 2.24) is 9.97 Å². The van der Waals surface area contributed by atoms with Gasteiger partial charge in [0.25, 0.3) is 0 Å². The van der Waals surface area contributed by atoms with Crippen molar-refractivity contribution < 1.29 is 0 Å². The van der Waals surface area contributed by atoms with E-state index in [2.05, 4.69) is 36.8 Å². The van der Waals surface area contributed by atoms with Crippen molar-refractivity contribution in [1.29, 1.82) is 5.26 Å². The lowest BCUT2D eigenvalue weighted by Gasteiger charge is -2.17. The van der Waals surface area contributed by atoms with Crippen molar-refractivity contribution >= 4 is 11.3 Å². The molecule has 0 aliphatic heterocycles. The number of rotatable bonds is 1. The molecule has 17 heavy (non-hydrogen) atoms. The summed E-state index contributed by atoms with van der Waals surface area (Å²) in [7, 11) is 0. The van der Waals surface area contributed by atoms with Crippen LogP contribution in [0, 0.1) is 11.3 Å². The molecule has 2 aromatic rings. The highest BCUT2D eigenvalue weighted by atomic mass is 32.1. The highest BCUT2D eigenvalue weighted by Gasteiger charge is 2.19. The second-order valence-corrected chi connectivity index (χ2v) is 5.74. The van der Waals surface area contributed by atoms with E-state index in [0.717, 1.165) is 16.4 Å². The molecular formula is C13H13N3S. The first kappa shape index (κ1) is 11.7. The molecule has 0 unspecified atom stereocenters. The second-order valence-electron chi connectivity index (χ2n) is 4.79. The third-order valence-electron chi connectivity index (χ3n) is 2.33. The largest absolute Gasteiger partial charge is 0.239 e. The fraction of sp³-hybridized carbons (Fsp3) is 0.308. The van der Waals surface area contributed by atoms with Gasteiger partial charge in [-0.3, -0.25) is 0 Å². The van der Waals surface area contributed by atoms with Crippen LogP contribution in [0.25, 0.3) is 10.6 Å². The molecule has 0 aromatic carbocycles. The van der Waals surface area contributed by atoms with Gasteiger partial charge in [-0.1, -0.05) is 26.8 Å². The van der Waals surface area contributed by atoms with Crippen molar-refractivity contribution in [2.45, 2.75) is 26.2 Å². The Kier molecular flexibility index (Phi) is 2.95. The molecular weight excluding hydrogens is 230 g/mol. The van der Waals surface area contributed by atoms with Crippen LogP contribution in [0.15, 0.2) is 23.7 Å². The van der Waals surface area contributed by atoms with Crippen LogP contribution in [-0.4, -0.2) is 9.97 Å². The molecule has 0 fully saturated rings. The molecule has 0 radical (unpaired) electrons. The molecule has 0 aliphatic rings. The number of thiophene rings is 1. The van der Waals surface area contributed by atoms with E-state index in [1.54, 1.807) is 17.5 Å². The highest BCUT2D eigenvalue weighted by Crippen LogP contribution is 2.28. The molecule has 86 valence electrons. The van der Waals surface area contributed by atoms with E-state index in [1.165, 1.54) is 0 Å². The van der Waals surface area contributed by atoms with Crippen LogP contribution in [0.4, 0.5) is 0 Å². The normalized spacial score (nSPS) is 11.2. The van der Waals surface area contributed by atoms with E-state index in [1.807, 2.05) is 17.5 Å². The topological polar surface area (TPSA) is 49.6 Å². The van der Waals surface area contributed by atoms with Crippen LogP contribution in [0.5, 0.6) is 0 Å². The third kappa shape index (κ3) is 2.34. The van der Waals surface area contributed by atoms with Crippen molar-refractivity contribution in [3.63, 3.8) is 0 Å². The summed E-state index contributed by atoms with van der Waals surface area (Å²) < 4.78 is 0. The molecule has 2 aromatic heterocycles. The zero-order valence-corrected chi connectivity index (χ0v) is 10.9. The quantitative estimate of drug-likeness (QED) is 0.771. The van der Waals surface area contributed by atoms with Gasteiger partial charge in [-0.25, -0.2) is 9.97 Å². The van der Waals surface area contributed by atoms with Gasteiger partial charge >= 0.3 is 0 Å². The lowest BCUT2D eigenvalue weighted by molar-refractivity contribution is 0.546. The maximum absolute atomic E-state index is 9.09. The molecule has 0 aliphatic carbocycles. The molecule has 0 atom stereocenters. The molecule has 0 N–H and O–H groups in total. The average Bonchev–Trinajstić information content (AvgIpc) is 2.80. The number of nitrogens with zero attached hydrogens (tertiary/aromatic N) is 3. The van der Waals surface area contributed by atoms with Crippen molar-refractivity contribution in [3.05, 3.63) is 35.1 Å². The minimum atomic E-state index is -0.111. The zero-order valence-electron chi connectivity index (χ0n) is 10.1. The molecule has 0 amide bonds. The van der Waals surface area contributed by atoms with E-state index in [0.29, 0.717) is 5.56 Å². The molecule has 0 bridgehead atoms. The molecule has 2 heterocycles. The van der Waals surface area contributed by atoms with Crippen LogP contribution in [0.2, 0.25) is 0 Å². The molecule has 0 saturated heterocycles. The van der Waals surface area contributed by atoms with Crippen LogP contribution < -0.4 is 0 Å². The lowest BCUT2D eigenvalue weighted by atomic mass is 9.95. The van der Waals surface area contributed by atoms with Crippen molar-refractivity contribution in [2.24, 2.45) is 0 Å². The summed E-state index contributed by atoms with van der Waals surface area (Å²) in [6, 6.07) is 6.08. The first-order valence-electron chi connectivity index (χ1n) is 5.34. The second kappa shape index (κ2) is 4.27. The van der Waals surface area contributed by atoms with Gasteiger partial charge < -0.3 is 0 Å². The minimum absolute atomic E-state index is 0.111. The van der Waals surface area contributed by atoms with Gasteiger partial charge in [-0.2, -0.15) is 5.26 Å². The van der Waals surface area contributed by atoms with Crippen LogP contribution in [0.1, 0.15) is 32.2 Å². The third-order valence-corrected chi connectivity index (χ3v) is 3.21. The Morgan fingerprint density at radius 1 is 1.35 bits per heavy atom. The first-order chi connectivity index (χ1) is 8.02. The maximum atomic E-state index is 9.09. The van der Waals surface area contributed by atoms with Crippen LogP contribution >= 0.6 is 11.3 Å². The summed E-state index contributed by atoms with van der Waals surface area (Å²) in [4.78, 5) is 9.81. The summed E-state index contributed by atoms with van der Waals surface area (Å²) in [6.45, 7) is 6.19. The summed E-state index contributed by atoms with van der Waals surface area (Å²) in [5, 5.41) is 11.1. The zero-order chi connectivity index (χ0) is 12.5. The van der Waals surface area contributed by atoms with Gasteiger partial charge in [0.15, 0.2) is 0 Å². The molecule has 0 saturated carbocycles. The van der Waals surface area contributed by atoms with Gasteiger partial charge in [0.2, 0.25) is 0 Å². The fourth-order valence-electron chi connectivity index (χ4n) is 1.43. The minimum Gasteiger partial charge on any atom is -0.239 e. The van der Waals surface area contributed by atoms with Crippen molar-refractivity contribution in [3.8, 4) is 16.6 Å². The lowest BCUT2D eigenvalue weighted by Crippen LogP contribution is -2.16. The predicted octanol–water partition coefficient (Wildman–Crippen LogP) is 3.37. The van der Waals surface area contributed by atoms with Crippen molar-refractivity contribution in [2.75, 3.05) is 0 Å². The number of hydrogen-bond acceptors (Lipinski definition) is 4.